The summed E-state index contributed by atoms with van der Waals surface area (Å²) in [7, 11) is 0. The zero-order valence-electron chi connectivity index (χ0n) is 9.29. The van der Waals surface area contributed by atoms with Crippen molar-refractivity contribution in [3.05, 3.63) is 29.0 Å². The van der Waals surface area contributed by atoms with Crippen LogP contribution < -0.4 is 5.32 Å². The maximum absolute atomic E-state index is 5.73. The molecule has 0 amide bonds. The van der Waals surface area contributed by atoms with Gasteiger partial charge in [0.25, 0.3) is 0 Å². The second kappa shape index (κ2) is 6.48. The fourth-order valence-electron chi connectivity index (χ4n) is 1.88. The van der Waals surface area contributed by atoms with Crippen molar-refractivity contribution in [2.75, 3.05) is 18.1 Å². The van der Waals surface area contributed by atoms with E-state index in [1.54, 1.807) is 0 Å². The van der Waals surface area contributed by atoms with Crippen molar-refractivity contribution in [3.8, 4) is 0 Å². The molecular weight excluding hydrogens is 240 g/mol. The first-order chi connectivity index (χ1) is 7.84. The van der Waals surface area contributed by atoms with Gasteiger partial charge in [0.2, 0.25) is 0 Å². The quantitative estimate of drug-likeness (QED) is 0.839. The summed E-state index contributed by atoms with van der Waals surface area (Å²) in [5.74, 6) is 3.52. The highest BCUT2D eigenvalue weighted by Crippen LogP contribution is 2.21. The Bertz CT molecular complexity index is 309. The average molecular weight is 257 g/mol. The molecule has 2 nitrogen and oxygen atoms in total. The molecular formula is C12H17ClN2S. The van der Waals surface area contributed by atoms with Crippen molar-refractivity contribution in [2.45, 2.75) is 19.4 Å². The lowest BCUT2D eigenvalue weighted by Gasteiger charge is -2.21. The molecule has 2 heterocycles. The maximum atomic E-state index is 5.73. The van der Waals surface area contributed by atoms with Gasteiger partial charge in [-0.3, -0.25) is 0 Å². The normalized spacial score (nSPS) is 17.6. The van der Waals surface area contributed by atoms with Gasteiger partial charge in [0, 0.05) is 12.7 Å². The lowest BCUT2D eigenvalue weighted by atomic mass is 10.0. The summed E-state index contributed by atoms with van der Waals surface area (Å²) < 4.78 is 0. The molecule has 0 atom stereocenters. The third-order valence-corrected chi connectivity index (χ3v) is 4.16. The highest BCUT2D eigenvalue weighted by molar-refractivity contribution is 7.99. The monoisotopic (exact) mass is 256 g/mol. The number of pyridine rings is 1. The van der Waals surface area contributed by atoms with Crippen molar-refractivity contribution in [1.29, 1.82) is 0 Å². The Morgan fingerprint density at radius 2 is 2.19 bits per heavy atom. The number of rotatable bonds is 4. The van der Waals surface area contributed by atoms with Crippen molar-refractivity contribution in [1.82, 2.24) is 10.3 Å². The summed E-state index contributed by atoms with van der Waals surface area (Å²) in [6, 6.07) is 3.87. The number of hydrogen-bond donors (Lipinski definition) is 1. The Morgan fingerprint density at radius 1 is 1.38 bits per heavy atom. The Labute approximate surface area is 106 Å². The molecule has 88 valence electrons. The lowest BCUT2D eigenvalue weighted by molar-refractivity contribution is 0.447. The SMILES string of the molecule is Clc1ccc(CNCC2CCSCC2)cn1. The van der Waals surface area contributed by atoms with Crippen LogP contribution in [-0.4, -0.2) is 23.0 Å². The van der Waals surface area contributed by atoms with Gasteiger partial charge in [-0.05, 0) is 48.4 Å². The summed E-state index contributed by atoms with van der Waals surface area (Å²) >= 11 is 7.81. The molecule has 0 aromatic carbocycles. The highest BCUT2D eigenvalue weighted by Gasteiger charge is 2.12. The van der Waals surface area contributed by atoms with E-state index in [2.05, 4.69) is 22.1 Å². The van der Waals surface area contributed by atoms with E-state index < -0.39 is 0 Å². The van der Waals surface area contributed by atoms with E-state index in [1.807, 2.05) is 18.3 Å². The first kappa shape index (κ1) is 12.2. The van der Waals surface area contributed by atoms with E-state index >= 15 is 0 Å². The Balaban J connectivity index is 1.69. The molecule has 1 fully saturated rings. The number of nitrogens with zero attached hydrogens (tertiary/aromatic N) is 1. The predicted molar refractivity (Wildman–Crippen MR) is 71.0 cm³/mol. The van der Waals surface area contributed by atoms with Gasteiger partial charge in [0.05, 0.1) is 0 Å². The Kier molecular flexibility index (Phi) is 4.94. The van der Waals surface area contributed by atoms with Gasteiger partial charge < -0.3 is 5.32 Å². The highest BCUT2D eigenvalue weighted by atomic mass is 35.5. The number of nitrogens with one attached hydrogen (secondary N) is 1. The summed E-state index contributed by atoms with van der Waals surface area (Å²) in [5, 5.41) is 4.06. The third kappa shape index (κ3) is 3.96. The lowest BCUT2D eigenvalue weighted by Crippen LogP contribution is -2.25. The summed E-state index contributed by atoms with van der Waals surface area (Å²) in [6.07, 6.45) is 4.55. The largest absolute Gasteiger partial charge is 0.312 e. The molecule has 1 aromatic heterocycles. The van der Waals surface area contributed by atoms with E-state index in [0.29, 0.717) is 5.15 Å². The predicted octanol–water partition coefficient (Wildman–Crippen LogP) is 2.97. The van der Waals surface area contributed by atoms with Gasteiger partial charge in [0.15, 0.2) is 0 Å². The first-order valence-corrected chi connectivity index (χ1v) is 7.27. The molecule has 1 aromatic rings. The number of halogens is 1. The summed E-state index contributed by atoms with van der Waals surface area (Å²) in [5.41, 5.74) is 1.20. The summed E-state index contributed by atoms with van der Waals surface area (Å²) in [6.45, 7) is 2.02. The van der Waals surface area contributed by atoms with Gasteiger partial charge in [-0.2, -0.15) is 11.8 Å². The minimum Gasteiger partial charge on any atom is -0.312 e. The topological polar surface area (TPSA) is 24.9 Å². The molecule has 1 aliphatic heterocycles. The van der Waals surface area contributed by atoms with Crippen LogP contribution in [-0.2, 0) is 6.54 Å². The molecule has 16 heavy (non-hydrogen) atoms. The van der Waals surface area contributed by atoms with Crippen LogP contribution >= 0.6 is 23.4 Å². The zero-order chi connectivity index (χ0) is 11.2. The molecule has 0 unspecified atom stereocenters. The number of hydrogen-bond acceptors (Lipinski definition) is 3. The van der Waals surface area contributed by atoms with Crippen molar-refractivity contribution >= 4 is 23.4 Å². The van der Waals surface area contributed by atoms with E-state index in [-0.39, 0.29) is 0 Å². The van der Waals surface area contributed by atoms with Crippen LogP contribution in [0.2, 0.25) is 5.15 Å². The van der Waals surface area contributed by atoms with Crippen LogP contribution in [0.3, 0.4) is 0 Å². The van der Waals surface area contributed by atoms with Gasteiger partial charge in [-0.15, -0.1) is 0 Å². The van der Waals surface area contributed by atoms with Gasteiger partial charge in [0.1, 0.15) is 5.15 Å². The van der Waals surface area contributed by atoms with Crippen LogP contribution in [0.4, 0.5) is 0 Å². The minimum absolute atomic E-state index is 0.563. The maximum Gasteiger partial charge on any atom is 0.129 e. The smallest absolute Gasteiger partial charge is 0.129 e. The molecule has 2 rings (SSSR count). The second-order valence-corrected chi connectivity index (χ2v) is 5.79. The molecule has 1 aliphatic rings. The fourth-order valence-corrected chi connectivity index (χ4v) is 3.20. The van der Waals surface area contributed by atoms with Gasteiger partial charge in [-0.1, -0.05) is 17.7 Å². The standard InChI is InChI=1S/C12H17ClN2S/c13-12-2-1-11(9-15-12)8-14-7-10-3-5-16-6-4-10/h1-2,9-10,14H,3-8H2. The summed E-state index contributed by atoms with van der Waals surface area (Å²) in [4.78, 5) is 4.07. The van der Waals surface area contributed by atoms with Crippen LogP contribution in [0.25, 0.3) is 0 Å². The molecule has 1 saturated heterocycles. The molecule has 0 bridgehead atoms. The Hall–Kier alpha value is -0.250. The van der Waals surface area contributed by atoms with E-state index in [9.17, 15) is 0 Å². The molecule has 1 N–H and O–H groups in total. The molecule has 0 radical (unpaired) electrons. The minimum atomic E-state index is 0.563. The van der Waals surface area contributed by atoms with Crippen molar-refractivity contribution in [3.63, 3.8) is 0 Å². The van der Waals surface area contributed by atoms with E-state index in [0.717, 1.165) is 19.0 Å². The molecule has 0 saturated carbocycles. The van der Waals surface area contributed by atoms with Crippen LogP contribution in [0.1, 0.15) is 18.4 Å². The van der Waals surface area contributed by atoms with Crippen molar-refractivity contribution in [2.24, 2.45) is 5.92 Å². The van der Waals surface area contributed by atoms with E-state index in [1.165, 1.54) is 29.9 Å². The first-order valence-electron chi connectivity index (χ1n) is 5.73. The number of aromatic nitrogens is 1. The van der Waals surface area contributed by atoms with Crippen molar-refractivity contribution < 1.29 is 0 Å². The molecule has 0 spiro atoms. The second-order valence-electron chi connectivity index (χ2n) is 4.18. The molecule has 4 heteroatoms. The number of thioether (sulfide) groups is 1. The van der Waals surface area contributed by atoms with Crippen LogP contribution in [0.15, 0.2) is 18.3 Å². The Morgan fingerprint density at radius 3 is 2.88 bits per heavy atom. The van der Waals surface area contributed by atoms with Gasteiger partial charge >= 0.3 is 0 Å². The van der Waals surface area contributed by atoms with Crippen LogP contribution in [0.5, 0.6) is 0 Å². The fraction of sp³-hybridized carbons (Fsp3) is 0.583. The van der Waals surface area contributed by atoms with Crippen LogP contribution in [0, 0.1) is 5.92 Å². The average Bonchev–Trinajstić information content (AvgIpc) is 2.33. The van der Waals surface area contributed by atoms with E-state index in [4.69, 9.17) is 11.6 Å². The third-order valence-electron chi connectivity index (χ3n) is 2.89. The zero-order valence-corrected chi connectivity index (χ0v) is 10.9. The molecule has 0 aliphatic carbocycles. The van der Waals surface area contributed by atoms with Gasteiger partial charge in [-0.25, -0.2) is 4.98 Å².